The molecule has 0 spiro atoms. The van der Waals surface area contributed by atoms with Gasteiger partial charge in [-0.25, -0.2) is 0 Å². The smallest absolute Gasteiger partial charge is 0.242 e. The fraction of sp³-hybridized carbons (Fsp3) is 0.269. The number of hydrogen-bond donors (Lipinski definition) is 0. The second kappa shape index (κ2) is 8.87. The molecule has 0 N–H and O–H groups in total. The molecule has 0 bridgehead atoms. The summed E-state index contributed by atoms with van der Waals surface area (Å²) >= 11 is 6.39. The number of rotatable bonds is 7. The molecule has 7 heteroatoms. The van der Waals surface area contributed by atoms with E-state index in [0.29, 0.717) is 40.1 Å². The van der Waals surface area contributed by atoms with Crippen molar-refractivity contribution in [2.45, 2.75) is 18.9 Å². The molecule has 1 atom stereocenters. The van der Waals surface area contributed by atoms with Crippen LogP contribution in [0.25, 0.3) is 0 Å². The largest absolute Gasteiger partial charge is 0.497 e. The molecule has 0 aromatic heterocycles. The molecule has 1 aliphatic heterocycles. The summed E-state index contributed by atoms with van der Waals surface area (Å²) in [7, 11) is 6.39. The Labute approximate surface area is 198 Å². The summed E-state index contributed by atoms with van der Waals surface area (Å²) in [5, 5.41) is 0.554. The highest BCUT2D eigenvalue weighted by Gasteiger charge is 2.50. The van der Waals surface area contributed by atoms with Crippen molar-refractivity contribution in [1.29, 1.82) is 0 Å². The number of halogens is 1. The maximum atomic E-state index is 14.1. The minimum atomic E-state index is -1.03. The number of carbonyl (C=O) groups is 1. The van der Waals surface area contributed by atoms with Gasteiger partial charge in [0.2, 0.25) is 5.91 Å². The molecule has 0 aliphatic carbocycles. The molecule has 0 saturated carbocycles. The van der Waals surface area contributed by atoms with Crippen molar-refractivity contribution in [1.82, 2.24) is 0 Å². The molecule has 0 fully saturated rings. The second-order valence-corrected chi connectivity index (χ2v) is 8.36. The molecule has 1 unspecified atom stereocenters. The van der Waals surface area contributed by atoms with Crippen LogP contribution in [0.5, 0.6) is 23.0 Å². The van der Waals surface area contributed by atoms with Gasteiger partial charge >= 0.3 is 0 Å². The SMILES string of the molecule is COc1ccc(CN2C(=O)C(C)(c3cc(OC)ccc3OC)c3cc(Cl)ccc32)c(OC)c1. The van der Waals surface area contributed by atoms with Crippen molar-refractivity contribution < 1.29 is 23.7 Å². The van der Waals surface area contributed by atoms with Gasteiger partial charge in [0.25, 0.3) is 0 Å². The van der Waals surface area contributed by atoms with Crippen LogP contribution in [0.3, 0.4) is 0 Å². The molecule has 0 radical (unpaired) electrons. The van der Waals surface area contributed by atoms with Gasteiger partial charge in [-0.1, -0.05) is 11.6 Å². The van der Waals surface area contributed by atoms with Crippen LogP contribution in [0, 0.1) is 0 Å². The van der Waals surface area contributed by atoms with Gasteiger partial charge < -0.3 is 23.8 Å². The van der Waals surface area contributed by atoms with Crippen LogP contribution in [0.4, 0.5) is 5.69 Å². The molecule has 3 aromatic carbocycles. The number of methoxy groups -OCH3 is 4. The van der Waals surface area contributed by atoms with E-state index in [-0.39, 0.29) is 5.91 Å². The van der Waals surface area contributed by atoms with E-state index in [1.807, 2.05) is 55.5 Å². The third-order valence-electron chi connectivity index (χ3n) is 6.23. The van der Waals surface area contributed by atoms with Gasteiger partial charge in [0.05, 0.1) is 35.0 Å². The molecule has 1 heterocycles. The zero-order valence-electron chi connectivity index (χ0n) is 19.3. The number of nitrogens with zero attached hydrogens (tertiary/aromatic N) is 1. The van der Waals surface area contributed by atoms with Gasteiger partial charge in [-0.05, 0) is 61.0 Å². The van der Waals surface area contributed by atoms with Crippen molar-refractivity contribution >= 4 is 23.2 Å². The minimum Gasteiger partial charge on any atom is -0.497 e. The van der Waals surface area contributed by atoms with Gasteiger partial charge in [-0.3, -0.25) is 4.79 Å². The van der Waals surface area contributed by atoms with Crippen LogP contribution < -0.4 is 23.8 Å². The average Bonchev–Trinajstić information content (AvgIpc) is 3.05. The van der Waals surface area contributed by atoms with Gasteiger partial charge in [-0.2, -0.15) is 0 Å². The maximum Gasteiger partial charge on any atom is 0.242 e. The highest BCUT2D eigenvalue weighted by Crippen LogP contribution is 2.50. The Morgan fingerprint density at radius 1 is 0.788 bits per heavy atom. The second-order valence-electron chi connectivity index (χ2n) is 7.92. The third kappa shape index (κ3) is 3.74. The van der Waals surface area contributed by atoms with Crippen LogP contribution in [0.1, 0.15) is 23.6 Å². The predicted octanol–water partition coefficient (Wildman–Crippen LogP) is 5.23. The fourth-order valence-corrected chi connectivity index (χ4v) is 4.59. The fourth-order valence-electron chi connectivity index (χ4n) is 4.41. The lowest BCUT2D eigenvalue weighted by molar-refractivity contribution is -0.121. The summed E-state index contributed by atoms with van der Waals surface area (Å²) in [6.45, 7) is 2.22. The van der Waals surface area contributed by atoms with E-state index >= 15 is 0 Å². The van der Waals surface area contributed by atoms with E-state index in [4.69, 9.17) is 30.5 Å². The highest BCUT2D eigenvalue weighted by atomic mass is 35.5. The zero-order chi connectivity index (χ0) is 23.8. The minimum absolute atomic E-state index is 0.0933. The molecule has 33 heavy (non-hydrogen) atoms. The molecule has 6 nitrogen and oxygen atoms in total. The van der Waals surface area contributed by atoms with Crippen LogP contribution in [0.15, 0.2) is 54.6 Å². The van der Waals surface area contributed by atoms with Gasteiger partial charge in [0.15, 0.2) is 0 Å². The molecule has 3 aromatic rings. The molecule has 172 valence electrons. The van der Waals surface area contributed by atoms with Gasteiger partial charge in [0.1, 0.15) is 28.4 Å². The number of fused-ring (bicyclic) bond motifs is 1. The molecule has 1 aliphatic rings. The lowest BCUT2D eigenvalue weighted by Gasteiger charge is -2.27. The Morgan fingerprint density at radius 2 is 1.45 bits per heavy atom. The number of carbonyl (C=O) groups excluding carboxylic acids is 1. The lowest BCUT2D eigenvalue weighted by atomic mass is 9.76. The van der Waals surface area contributed by atoms with E-state index in [2.05, 4.69) is 0 Å². The summed E-state index contributed by atoms with van der Waals surface area (Å²) in [5.74, 6) is 2.47. The summed E-state index contributed by atoms with van der Waals surface area (Å²) in [6, 6.07) is 16.6. The normalized spacial score (nSPS) is 17.0. The first-order valence-electron chi connectivity index (χ1n) is 10.4. The monoisotopic (exact) mass is 467 g/mol. The molecule has 1 amide bonds. The lowest BCUT2D eigenvalue weighted by Crippen LogP contribution is -2.39. The molecule has 4 rings (SSSR count). The van der Waals surface area contributed by atoms with Crippen LogP contribution >= 0.6 is 11.6 Å². The average molecular weight is 468 g/mol. The van der Waals surface area contributed by atoms with Crippen LogP contribution in [-0.4, -0.2) is 34.3 Å². The molecular formula is C26H26ClNO5. The van der Waals surface area contributed by atoms with E-state index in [1.165, 1.54) is 0 Å². The van der Waals surface area contributed by atoms with E-state index in [1.54, 1.807) is 39.4 Å². The van der Waals surface area contributed by atoms with E-state index in [9.17, 15) is 4.79 Å². The first-order valence-corrected chi connectivity index (χ1v) is 10.8. The predicted molar refractivity (Wildman–Crippen MR) is 128 cm³/mol. The summed E-state index contributed by atoms with van der Waals surface area (Å²) in [5.41, 5.74) is 2.13. The summed E-state index contributed by atoms with van der Waals surface area (Å²) in [6.07, 6.45) is 0. The first-order chi connectivity index (χ1) is 15.9. The number of amides is 1. The highest BCUT2D eigenvalue weighted by molar-refractivity contribution is 6.31. The van der Waals surface area contributed by atoms with Gasteiger partial charge in [0, 0.05) is 27.9 Å². The summed E-state index contributed by atoms with van der Waals surface area (Å²) in [4.78, 5) is 15.9. The standard InChI is InChI=1S/C26H26ClNO5/c1-26(21-13-18(30-2)9-11-23(21)32-4)20-12-17(27)7-10-22(20)28(25(26)29)15-16-6-8-19(31-3)14-24(16)33-5/h6-14H,15H2,1-5H3. The van der Waals surface area contributed by atoms with E-state index < -0.39 is 5.41 Å². The zero-order valence-corrected chi connectivity index (χ0v) is 20.0. The summed E-state index contributed by atoms with van der Waals surface area (Å²) < 4.78 is 22.0. The van der Waals surface area contributed by atoms with Crippen LogP contribution in [0.2, 0.25) is 5.02 Å². The topological polar surface area (TPSA) is 57.2 Å². The van der Waals surface area contributed by atoms with Crippen molar-refractivity contribution in [3.8, 4) is 23.0 Å². The van der Waals surface area contributed by atoms with Gasteiger partial charge in [-0.15, -0.1) is 0 Å². The maximum absolute atomic E-state index is 14.1. The Balaban J connectivity index is 1.87. The van der Waals surface area contributed by atoms with Crippen LogP contribution in [-0.2, 0) is 16.8 Å². The molecular weight excluding hydrogens is 442 g/mol. The molecule has 0 saturated heterocycles. The third-order valence-corrected chi connectivity index (χ3v) is 6.46. The number of anilines is 1. The Bertz CT molecular complexity index is 1210. The first kappa shape index (κ1) is 22.8. The number of hydrogen-bond acceptors (Lipinski definition) is 5. The number of benzene rings is 3. The Morgan fingerprint density at radius 3 is 2.12 bits per heavy atom. The van der Waals surface area contributed by atoms with Crippen molar-refractivity contribution in [2.24, 2.45) is 0 Å². The quantitative estimate of drug-likeness (QED) is 0.476. The van der Waals surface area contributed by atoms with Crippen molar-refractivity contribution in [3.63, 3.8) is 0 Å². The Kier molecular flexibility index (Phi) is 6.13. The Hall–Kier alpha value is -3.38. The number of ether oxygens (including phenoxy) is 4. The van der Waals surface area contributed by atoms with Crippen molar-refractivity contribution in [3.05, 3.63) is 76.3 Å². The van der Waals surface area contributed by atoms with E-state index in [0.717, 1.165) is 16.8 Å². The van der Waals surface area contributed by atoms with Crippen molar-refractivity contribution in [2.75, 3.05) is 33.3 Å².